The maximum Gasteiger partial charge on any atom is 0.387 e. The monoisotopic (exact) mass is 387 g/mol. The number of nitrogens with zero attached hydrogens (tertiary/aromatic N) is 2. The van der Waals surface area contributed by atoms with E-state index in [4.69, 9.17) is 4.74 Å². The van der Waals surface area contributed by atoms with E-state index in [1.165, 1.54) is 19.2 Å². The average Bonchev–Trinajstić information content (AvgIpc) is 3.23. The van der Waals surface area contributed by atoms with Crippen LogP contribution in [0, 0.1) is 0 Å². The molecule has 8 heteroatoms. The largest absolute Gasteiger partial charge is 0.493 e. The molecular weight excluding hydrogens is 368 g/mol. The molecule has 0 bridgehead atoms. The number of benzene rings is 2. The fourth-order valence-electron chi connectivity index (χ4n) is 2.72. The lowest BCUT2D eigenvalue weighted by Crippen LogP contribution is -2.26. The smallest absolute Gasteiger partial charge is 0.387 e. The molecule has 0 unspecified atom stereocenters. The summed E-state index contributed by atoms with van der Waals surface area (Å²) in [4.78, 5) is 12.4. The number of amides is 1. The standard InChI is InChI=1S/C20H19F2N3O3/c1-27-17-5-2-4-16(18(17)28-20(21)22)19(26)23-12-10-14-6-8-15(9-7-14)25-13-3-11-24-25/h2-9,11,13,20H,10,12H2,1H3,(H,23,26). The van der Waals surface area contributed by atoms with Crippen LogP contribution in [0.5, 0.6) is 11.5 Å². The van der Waals surface area contributed by atoms with E-state index in [1.54, 1.807) is 16.9 Å². The Morgan fingerprint density at radius 1 is 1.18 bits per heavy atom. The molecule has 1 amide bonds. The summed E-state index contributed by atoms with van der Waals surface area (Å²) in [5.74, 6) is -0.717. The number of hydrogen-bond donors (Lipinski definition) is 1. The van der Waals surface area contributed by atoms with E-state index in [9.17, 15) is 13.6 Å². The van der Waals surface area contributed by atoms with Gasteiger partial charge in [-0.25, -0.2) is 4.68 Å². The topological polar surface area (TPSA) is 65.4 Å². The summed E-state index contributed by atoms with van der Waals surface area (Å²) >= 11 is 0. The quantitative estimate of drug-likeness (QED) is 0.643. The van der Waals surface area contributed by atoms with Gasteiger partial charge in [-0.05, 0) is 42.3 Å². The van der Waals surface area contributed by atoms with Crippen molar-refractivity contribution in [3.63, 3.8) is 0 Å². The molecule has 28 heavy (non-hydrogen) atoms. The van der Waals surface area contributed by atoms with Crippen LogP contribution in [0.25, 0.3) is 5.69 Å². The minimum Gasteiger partial charge on any atom is -0.493 e. The van der Waals surface area contributed by atoms with Crippen LogP contribution in [0.4, 0.5) is 8.78 Å². The number of hydrogen-bond acceptors (Lipinski definition) is 4. The lowest BCUT2D eigenvalue weighted by atomic mass is 10.1. The second-order valence-electron chi connectivity index (χ2n) is 5.84. The number of carbonyl (C=O) groups is 1. The van der Waals surface area contributed by atoms with Gasteiger partial charge >= 0.3 is 6.61 Å². The maximum atomic E-state index is 12.7. The van der Waals surface area contributed by atoms with Gasteiger partial charge in [-0.2, -0.15) is 13.9 Å². The number of halogens is 2. The molecule has 0 fully saturated rings. The maximum absolute atomic E-state index is 12.7. The first-order valence-corrected chi connectivity index (χ1v) is 8.57. The van der Waals surface area contributed by atoms with Crippen molar-refractivity contribution >= 4 is 5.91 Å². The zero-order chi connectivity index (χ0) is 19.9. The number of aromatic nitrogens is 2. The molecule has 6 nitrogen and oxygen atoms in total. The highest BCUT2D eigenvalue weighted by Crippen LogP contribution is 2.32. The number of para-hydroxylation sites is 1. The minimum absolute atomic E-state index is 0.00585. The van der Waals surface area contributed by atoms with E-state index in [-0.39, 0.29) is 17.1 Å². The molecule has 0 aliphatic heterocycles. The van der Waals surface area contributed by atoms with Crippen LogP contribution < -0.4 is 14.8 Å². The number of nitrogens with one attached hydrogen (secondary N) is 1. The summed E-state index contributed by atoms with van der Waals surface area (Å²) in [5.41, 5.74) is 1.95. The third kappa shape index (κ3) is 4.64. The summed E-state index contributed by atoms with van der Waals surface area (Å²) in [6, 6.07) is 14.0. The van der Waals surface area contributed by atoms with Crippen molar-refractivity contribution in [3.05, 3.63) is 72.1 Å². The number of ether oxygens (including phenoxy) is 2. The van der Waals surface area contributed by atoms with Crippen molar-refractivity contribution in [3.8, 4) is 17.2 Å². The first-order valence-electron chi connectivity index (χ1n) is 8.57. The molecule has 1 heterocycles. The normalized spacial score (nSPS) is 10.7. The molecule has 1 N–H and O–H groups in total. The average molecular weight is 387 g/mol. The molecule has 0 radical (unpaired) electrons. The van der Waals surface area contributed by atoms with Crippen LogP contribution in [0.15, 0.2) is 60.9 Å². The van der Waals surface area contributed by atoms with Crippen molar-refractivity contribution in [1.82, 2.24) is 15.1 Å². The van der Waals surface area contributed by atoms with Gasteiger partial charge in [0.15, 0.2) is 11.5 Å². The predicted molar refractivity (Wildman–Crippen MR) is 99.2 cm³/mol. The van der Waals surface area contributed by atoms with E-state index in [1.807, 2.05) is 36.5 Å². The fraction of sp³-hybridized carbons (Fsp3) is 0.200. The van der Waals surface area contributed by atoms with E-state index in [0.717, 1.165) is 11.3 Å². The van der Waals surface area contributed by atoms with E-state index >= 15 is 0 Å². The van der Waals surface area contributed by atoms with Gasteiger partial charge in [0, 0.05) is 18.9 Å². The number of methoxy groups -OCH3 is 1. The highest BCUT2D eigenvalue weighted by atomic mass is 19.3. The third-order valence-electron chi connectivity index (χ3n) is 4.05. The Morgan fingerprint density at radius 3 is 2.61 bits per heavy atom. The van der Waals surface area contributed by atoms with Crippen LogP contribution >= 0.6 is 0 Å². The molecule has 0 spiro atoms. The Hall–Kier alpha value is -3.42. The van der Waals surface area contributed by atoms with Gasteiger partial charge in [-0.15, -0.1) is 0 Å². The fourth-order valence-corrected chi connectivity index (χ4v) is 2.72. The molecule has 3 rings (SSSR count). The zero-order valence-electron chi connectivity index (χ0n) is 15.1. The molecule has 0 saturated carbocycles. The van der Waals surface area contributed by atoms with Gasteiger partial charge in [0.05, 0.1) is 18.4 Å². The highest BCUT2D eigenvalue weighted by Gasteiger charge is 2.20. The summed E-state index contributed by atoms with van der Waals surface area (Å²) in [6.45, 7) is -2.72. The molecule has 0 aliphatic rings. The van der Waals surface area contributed by atoms with Gasteiger partial charge in [-0.3, -0.25) is 4.79 Å². The van der Waals surface area contributed by atoms with Gasteiger partial charge in [0.1, 0.15) is 0 Å². The summed E-state index contributed by atoms with van der Waals surface area (Å²) in [7, 11) is 1.32. The second kappa shape index (κ2) is 8.98. The summed E-state index contributed by atoms with van der Waals surface area (Å²) in [6.07, 6.45) is 4.14. The van der Waals surface area contributed by atoms with Crippen LogP contribution in [0.3, 0.4) is 0 Å². The van der Waals surface area contributed by atoms with Gasteiger partial charge < -0.3 is 14.8 Å². The second-order valence-corrected chi connectivity index (χ2v) is 5.84. The molecule has 0 aliphatic carbocycles. The number of rotatable bonds is 8. The molecular formula is C20H19F2N3O3. The van der Waals surface area contributed by atoms with E-state index in [2.05, 4.69) is 15.2 Å². The zero-order valence-corrected chi connectivity index (χ0v) is 15.1. The first kappa shape index (κ1) is 19.3. The molecule has 3 aromatic rings. The van der Waals surface area contributed by atoms with Gasteiger partial charge in [-0.1, -0.05) is 18.2 Å². The van der Waals surface area contributed by atoms with Crippen LogP contribution in [0.1, 0.15) is 15.9 Å². The minimum atomic E-state index is -3.06. The Balaban J connectivity index is 1.61. The van der Waals surface area contributed by atoms with Gasteiger partial charge in [0.25, 0.3) is 5.91 Å². The molecule has 0 saturated heterocycles. The summed E-state index contributed by atoms with van der Waals surface area (Å²) in [5, 5.41) is 6.88. The molecule has 2 aromatic carbocycles. The highest BCUT2D eigenvalue weighted by molar-refractivity contribution is 5.97. The molecule has 1 aromatic heterocycles. The first-order chi connectivity index (χ1) is 13.6. The lowest BCUT2D eigenvalue weighted by Gasteiger charge is -2.14. The lowest BCUT2D eigenvalue weighted by molar-refractivity contribution is -0.0515. The molecule has 0 atom stereocenters. The third-order valence-corrected chi connectivity index (χ3v) is 4.05. The number of carbonyl (C=O) groups excluding carboxylic acids is 1. The Morgan fingerprint density at radius 2 is 1.96 bits per heavy atom. The van der Waals surface area contributed by atoms with E-state index in [0.29, 0.717) is 13.0 Å². The summed E-state index contributed by atoms with van der Waals surface area (Å²) < 4.78 is 36.6. The van der Waals surface area contributed by atoms with Crippen molar-refractivity contribution in [2.24, 2.45) is 0 Å². The van der Waals surface area contributed by atoms with Crippen LogP contribution in [-0.4, -0.2) is 36.0 Å². The van der Waals surface area contributed by atoms with Crippen molar-refractivity contribution in [1.29, 1.82) is 0 Å². The Labute approximate surface area is 160 Å². The SMILES string of the molecule is COc1cccc(C(=O)NCCc2ccc(-n3cccn3)cc2)c1OC(F)F. The van der Waals surface area contributed by atoms with Crippen molar-refractivity contribution in [2.75, 3.05) is 13.7 Å². The van der Waals surface area contributed by atoms with Gasteiger partial charge in [0.2, 0.25) is 0 Å². The Bertz CT molecular complexity index is 913. The Kier molecular flexibility index (Phi) is 6.21. The molecule has 146 valence electrons. The van der Waals surface area contributed by atoms with Crippen LogP contribution in [-0.2, 0) is 6.42 Å². The van der Waals surface area contributed by atoms with Crippen molar-refractivity contribution < 1.29 is 23.0 Å². The number of alkyl halides is 2. The predicted octanol–water partition coefficient (Wildman–Crippen LogP) is 3.45. The van der Waals surface area contributed by atoms with E-state index < -0.39 is 12.5 Å². The van der Waals surface area contributed by atoms with Crippen LogP contribution in [0.2, 0.25) is 0 Å². The van der Waals surface area contributed by atoms with Crippen molar-refractivity contribution in [2.45, 2.75) is 13.0 Å².